The molecule has 15 atom stereocenters. The van der Waals surface area contributed by atoms with E-state index in [4.69, 9.17) is 28.8 Å². The lowest BCUT2D eigenvalue weighted by molar-refractivity contribution is 0.0395. The molecule has 16 heterocycles. The van der Waals surface area contributed by atoms with E-state index in [2.05, 4.69) is 80.7 Å². The SMILES string of the molecule is Cc1ccc(-n2nccn2)c(C(=O)N2C3CCC2[C@H](COc2ccc(F)cn2)CC3)c1.Cc1ccc(-n2nccn2)c(C(=O)N2C3CC[C@@H](COc4ccc(F)cc4)[C@@H]2CC3)c1.Cc1ccc(-n2nccn2)c(C(=O)N2C3CC[C@H]2CC[C@H]3COc2ccc(F)cn2)c1.Cl.Fc1ccc(OC[C@@H]2CCC3CCC2C3)nc1.Fc1ccc(OC[C@@H]2CCC3CCC2N3)nc1.O=C(O)c1ccccc1-n1nccn1. The molecule has 8 aromatic heterocycles. The van der Waals surface area contributed by atoms with E-state index >= 15 is 0 Å². The van der Waals surface area contributed by atoms with Gasteiger partial charge in [0.1, 0.15) is 40.5 Å². The van der Waals surface area contributed by atoms with Gasteiger partial charge in [-0.05, 0) is 258 Å². The van der Waals surface area contributed by atoms with Gasteiger partial charge >= 0.3 is 5.97 Å². The summed E-state index contributed by atoms with van der Waals surface area (Å²) in [6, 6.07) is 44.3. The van der Waals surface area contributed by atoms with Gasteiger partial charge in [0.25, 0.3) is 17.7 Å². The Bertz CT molecular complexity index is 5830. The van der Waals surface area contributed by atoms with E-state index < -0.39 is 5.97 Å². The van der Waals surface area contributed by atoms with E-state index in [0.717, 1.165) is 131 Å². The van der Waals surface area contributed by atoms with Gasteiger partial charge in [-0.15, -0.1) is 12.4 Å². The van der Waals surface area contributed by atoms with Gasteiger partial charge in [-0.2, -0.15) is 60.0 Å². The summed E-state index contributed by atoms with van der Waals surface area (Å²) in [4.78, 5) is 79.9. The number of carboxylic acid groups (broad SMARTS) is 1. The maximum atomic E-state index is 13.8. The molecule has 742 valence electrons. The number of aromatic carboxylic acids is 1. The molecule has 3 amide bonds. The summed E-state index contributed by atoms with van der Waals surface area (Å²) in [6.07, 6.45) is 41.1. The first-order valence-electron chi connectivity index (χ1n) is 48.9. The number of nitrogens with zero attached hydrogens (tertiary/aromatic N) is 19. The number of nitrogens with one attached hydrogen (secondary N) is 1. The van der Waals surface area contributed by atoms with Gasteiger partial charge in [-0.3, -0.25) is 14.4 Å². The Hall–Kier alpha value is -14.0. The van der Waals surface area contributed by atoms with Crippen molar-refractivity contribution in [2.75, 3.05) is 33.0 Å². The lowest BCUT2D eigenvalue weighted by Gasteiger charge is -2.40. The van der Waals surface area contributed by atoms with Crippen LogP contribution in [0.25, 0.3) is 22.7 Å². The van der Waals surface area contributed by atoms with Crippen LogP contribution in [0.3, 0.4) is 0 Å². The molecule has 2 saturated carbocycles. The molecule has 36 heteroatoms. The highest BCUT2D eigenvalue weighted by Crippen LogP contribution is 2.48. The lowest BCUT2D eigenvalue weighted by Crippen LogP contribution is -2.49. The van der Waals surface area contributed by atoms with E-state index in [1.165, 1.54) is 156 Å². The van der Waals surface area contributed by atoms with Crippen molar-refractivity contribution in [3.63, 3.8) is 0 Å². The number of rotatable bonds is 23. The minimum Gasteiger partial charge on any atom is -0.493 e. The minimum absolute atomic E-state index is 0. The van der Waals surface area contributed by atoms with E-state index in [9.17, 15) is 41.1 Å². The van der Waals surface area contributed by atoms with Crippen molar-refractivity contribution in [1.82, 2.24) is 99.9 Å². The number of amides is 3. The fraction of sp³-hybridized carbons (Fsp3) is 0.415. The largest absolute Gasteiger partial charge is 0.493 e. The molecule has 10 fully saturated rings. The van der Waals surface area contributed by atoms with Crippen molar-refractivity contribution in [1.29, 1.82) is 0 Å². The fourth-order valence-corrected chi connectivity index (χ4v) is 22.2. The third-order valence-electron chi connectivity index (χ3n) is 29.2. The quantitative estimate of drug-likeness (QED) is 0.0562. The van der Waals surface area contributed by atoms with Crippen LogP contribution in [-0.2, 0) is 0 Å². The number of ether oxygens (including phenoxy) is 5. The molecule has 8 unspecified atom stereocenters. The van der Waals surface area contributed by atoms with Crippen LogP contribution in [-0.4, -0.2) is 205 Å². The highest BCUT2D eigenvalue weighted by atomic mass is 35.5. The number of halogens is 6. The molecule has 2 N–H and O–H groups in total. The second-order valence-electron chi connectivity index (χ2n) is 38.1. The van der Waals surface area contributed by atoms with Crippen LogP contribution in [0.5, 0.6) is 29.3 Å². The number of aryl methyl sites for hydroxylation is 3. The first-order valence-corrected chi connectivity index (χ1v) is 48.9. The zero-order valence-corrected chi connectivity index (χ0v) is 80.1. The normalized spacial score (nSPS) is 23.3. The number of hydrogen-bond acceptors (Lipinski definition) is 22. The number of para-hydroxylation sites is 1. The Balaban J connectivity index is 0.000000120. The number of carbonyl (C=O) groups is 4. The second kappa shape index (κ2) is 46.6. The third-order valence-corrected chi connectivity index (χ3v) is 29.2. The van der Waals surface area contributed by atoms with Crippen LogP contribution in [0.4, 0.5) is 22.0 Å². The smallest absolute Gasteiger partial charge is 0.337 e. The van der Waals surface area contributed by atoms with Crippen molar-refractivity contribution >= 4 is 36.1 Å². The Morgan fingerprint density at radius 2 is 0.662 bits per heavy atom. The van der Waals surface area contributed by atoms with Gasteiger partial charge in [-0.1, -0.05) is 59.9 Å². The fourth-order valence-electron chi connectivity index (χ4n) is 22.2. The number of piperidine rings is 4. The summed E-state index contributed by atoms with van der Waals surface area (Å²) >= 11 is 0. The predicted molar refractivity (Wildman–Crippen MR) is 518 cm³/mol. The molecular weight excluding hydrogens is 1840 g/mol. The average Bonchev–Trinajstić information content (AvgIpc) is 1.61. The van der Waals surface area contributed by atoms with Crippen molar-refractivity contribution in [2.24, 2.45) is 41.4 Å². The van der Waals surface area contributed by atoms with Crippen molar-refractivity contribution in [3.05, 3.63) is 294 Å². The Morgan fingerprint density at radius 3 is 1.04 bits per heavy atom. The molecule has 23 rings (SSSR count). The zero-order valence-electron chi connectivity index (χ0n) is 79.3. The molecule has 10 bridgehead atoms. The van der Waals surface area contributed by atoms with Gasteiger partial charge in [0, 0.05) is 96.3 Å². The first kappa shape index (κ1) is 99.6. The minimum atomic E-state index is -0.988. The van der Waals surface area contributed by atoms with Gasteiger partial charge in [0.15, 0.2) is 0 Å². The number of benzene rings is 5. The predicted octanol–water partition coefficient (Wildman–Crippen LogP) is 18.3. The second-order valence-corrected chi connectivity index (χ2v) is 38.1. The monoisotopic (exact) mass is 1960 g/mol. The third kappa shape index (κ3) is 24.3. The lowest BCUT2D eigenvalue weighted by atomic mass is 9.80. The molecule has 2 aliphatic carbocycles. The van der Waals surface area contributed by atoms with Crippen molar-refractivity contribution < 1.29 is 69.9 Å². The maximum Gasteiger partial charge on any atom is 0.337 e. The first-order chi connectivity index (χ1) is 68.7. The molecule has 0 spiro atoms. The number of carbonyl (C=O) groups excluding carboxylic acids is 3. The van der Waals surface area contributed by atoms with Crippen LogP contribution >= 0.6 is 12.4 Å². The van der Waals surface area contributed by atoms with E-state index in [0.29, 0.717) is 113 Å². The Kier molecular flexibility index (Phi) is 32.7. The molecule has 30 nitrogen and oxygen atoms in total. The Labute approximate surface area is 825 Å². The summed E-state index contributed by atoms with van der Waals surface area (Å²) in [5.74, 6) is 3.72. The van der Waals surface area contributed by atoms with Gasteiger partial charge in [0.2, 0.25) is 23.5 Å². The standard InChI is InChI=1S/C24H25FN4O2.2C23H24FN5O2.C14H18FNO.C13H17FN2O.C9H7N3O2.ClH/c1-16-2-10-23(29-26-12-13-27-29)21(14-16)24(30)28-19-6-3-17(22(28)11-7-19)15-31-20-8-4-18(25)5-9-20;2*1-15-2-7-21(29-26-10-11-27-29)19(12-15)23(30)28-18-5-3-16(20(28)8-6-18)14-31-22-9-4-17(24)13-25-22;15-13-5-6-14(16-8-13)17-9-12-4-2-10-1-3-11(12)7-10;14-10-2-6-13(15-7-10)17-8-9-1-3-11-4-5-12(9)16-11;13-9(14)7-3-1-2-4-8(7)12-10-5-6-11-12;/h2,4-5,8-10,12-14,17,19,22H,3,6-7,11,15H2,1H3;2*2,4,7,9-13,16,18,20H,3,5-6,8,14H2,1H3;5-6,8,10-12H,1-4,7,9H2;2,6-7,9,11-12,16H,1,3-5,8H2;1-6H,(H,13,14);1H/t17-,19?,22-;16-,18?,20?;16-,18+,20?;10?,11?,12-;9-,11?,12?;;/m00000../s1. The van der Waals surface area contributed by atoms with Crippen molar-refractivity contribution in [3.8, 4) is 52.0 Å². The summed E-state index contributed by atoms with van der Waals surface area (Å²) in [7, 11) is 0. The van der Waals surface area contributed by atoms with E-state index in [1.807, 2.05) is 75.4 Å². The molecule has 13 aromatic rings. The number of carboxylic acids is 1. The number of aromatic nitrogens is 16. The van der Waals surface area contributed by atoms with Crippen LogP contribution in [0.15, 0.2) is 226 Å². The Morgan fingerprint density at radius 1 is 0.338 bits per heavy atom. The number of hydrogen-bond donors (Lipinski definition) is 2. The van der Waals surface area contributed by atoms with E-state index in [-0.39, 0.29) is 119 Å². The number of fused-ring (bicyclic) bond motifs is 10. The summed E-state index contributed by atoms with van der Waals surface area (Å²) in [5, 5.41) is 45.6. The molecule has 5 aromatic carbocycles. The molecule has 8 saturated heterocycles. The molecule has 8 aliphatic heterocycles. The topological polar surface area (TPSA) is 331 Å². The molecular formula is C106H116ClF5N20O10. The van der Waals surface area contributed by atoms with Crippen LogP contribution in [0.2, 0.25) is 0 Å². The maximum absolute atomic E-state index is 13.8. The summed E-state index contributed by atoms with van der Waals surface area (Å²) in [6.45, 7) is 8.82. The van der Waals surface area contributed by atoms with Gasteiger partial charge in [-0.25, -0.2) is 46.7 Å². The highest BCUT2D eigenvalue weighted by molar-refractivity contribution is 6.00. The van der Waals surface area contributed by atoms with Gasteiger partial charge < -0.3 is 48.8 Å². The highest BCUT2D eigenvalue weighted by Gasteiger charge is 2.50. The van der Waals surface area contributed by atoms with Gasteiger partial charge in [0.05, 0.1) is 147 Å². The number of pyridine rings is 4. The molecule has 0 radical (unpaired) electrons. The van der Waals surface area contributed by atoms with Crippen LogP contribution in [0, 0.1) is 91.3 Å². The van der Waals surface area contributed by atoms with Crippen LogP contribution < -0.4 is 29.0 Å². The molecule has 10 aliphatic rings. The zero-order chi connectivity index (χ0) is 97.4. The average molecular weight is 1960 g/mol. The van der Waals surface area contributed by atoms with Crippen LogP contribution in [0.1, 0.15) is 193 Å². The summed E-state index contributed by atoms with van der Waals surface area (Å²) in [5.41, 5.74) is 7.66. The summed E-state index contributed by atoms with van der Waals surface area (Å²) < 4.78 is 93.7. The van der Waals surface area contributed by atoms with E-state index in [1.54, 1.807) is 79.6 Å². The van der Waals surface area contributed by atoms with Crippen molar-refractivity contribution in [2.45, 2.75) is 204 Å². The molecule has 142 heavy (non-hydrogen) atoms.